The van der Waals surface area contributed by atoms with Crippen LogP contribution in [0, 0.1) is 13.8 Å². The minimum absolute atomic E-state index is 0.203. The Labute approximate surface area is 149 Å². The highest BCUT2D eigenvalue weighted by Crippen LogP contribution is 2.25. The first-order chi connectivity index (χ1) is 11.4. The predicted molar refractivity (Wildman–Crippen MR) is 98.0 cm³/mol. The molecule has 1 heterocycles. The maximum atomic E-state index is 12.8. The van der Waals surface area contributed by atoms with E-state index < -0.39 is 10.0 Å². The Kier molecular flexibility index (Phi) is 4.47. The number of halogens is 1. The normalized spacial score (nSPS) is 11.5. The average Bonchev–Trinajstić information content (AvgIpc) is 2.85. The molecule has 0 spiro atoms. The van der Waals surface area contributed by atoms with Gasteiger partial charge in [-0.05, 0) is 50.2 Å². The Morgan fingerprint density at radius 3 is 2.25 bits per heavy atom. The van der Waals surface area contributed by atoms with E-state index in [0.717, 1.165) is 10.2 Å². The first kappa shape index (κ1) is 16.7. The standard InChI is InChI=1S/C17H16BrN3O2S/c1-12-17(13(2)21(19-12)16-6-4-3-5-7-16)24(22,23)20-15-10-8-14(18)9-11-15/h3-11,20H,1-2H3. The molecule has 7 heteroatoms. The van der Waals surface area contributed by atoms with Gasteiger partial charge in [0.05, 0.1) is 17.1 Å². The van der Waals surface area contributed by atoms with E-state index >= 15 is 0 Å². The van der Waals surface area contributed by atoms with Crippen molar-refractivity contribution < 1.29 is 8.42 Å². The first-order valence-electron chi connectivity index (χ1n) is 7.28. The van der Waals surface area contributed by atoms with Gasteiger partial charge in [0.15, 0.2) is 0 Å². The number of para-hydroxylation sites is 1. The fraction of sp³-hybridized carbons (Fsp3) is 0.118. The quantitative estimate of drug-likeness (QED) is 0.711. The molecule has 0 radical (unpaired) electrons. The van der Waals surface area contributed by atoms with Crippen LogP contribution >= 0.6 is 15.9 Å². The number of nitrogens with one attached hydrogen (secondary N) is 1. The lowest BCUT2D eigenvalue weighted by atomic mass is 10.3. The molecule has 3 rings (SSSR count). The van der Waals surface area contributed by atoms with Gasteiger partial charge < -0.3 is 0 Å². The smallest absolute Gasteiger partial charge is 0.265 e. The minimum atomic E-state index is -3.72. The molecule has 0 saturated heterocycles. The molecule has 0 bridgehead atoms. The second-order valence-corrected chi connectivity index (χ2v) is 7.89. The van der Waals surface area contributed by atoms with Crippen molar-refractivity contribution in [2.24, 2.45) is 0 Å². The number of anilines is 1. The van der Waals surface area contributed by atoms with Crippen molar-refractivity contribution in [3.05, 3.63) is 70.5 Å². The number of benzene rings is 2. The summed E-state index contributed by atoms with van der Waals surface area (Å²) in [7, 11) is -3.72. The van der Waals surface area contributed by atoms with E-state index in [1.54, 1.807) is 42.8 Å². The Hall–Kier alpha value is -2.12. The van der Waals surface area contributed by atoms with Gasteiger partial charge in [-0.15, -0.1) is 0 Å². The van der Waals surface area contributed by atoms with E-state index in [1.807, 2.05) is 30.3 Å². The first-order valence-corrected chi connectivity index (χ1v) is 9.56. The molecule has 0 unspecified atom stereocenters. The van der Waals surface area contributed by atoms with E-state index in [-0.39, 0.29) is 4.90 Å². The Balaban J connectivity index is 2.02. The summed E-state index contributed by atoms with van der Waals surface area (Å²) >= 11 is 3.33. The zero-order valence-corrected chi connectivity index (χ0v) is 15.6. The summed E-state index contributed by atoms with van der Waals surface area (Å²) in [4.78, 5) is 0.203. The predicted octanol–water partition coefficient (Wildman–Crippen LogP) is 4.05. The van der Waals surface area contributed by atoms with Crippen LogP contribution in [-0.4, -0.2) is 18.2 Å². The van der Waals surface area contributed by atoms with Crippen LogP contribution in [0.3, 0.4) is 0 Å². The highest BCUT2D eigenvalue weighted by molar-refractivity contribution is 9.10. The lowest BCUT2D eigenvalue weighted by molar-refractivity contribution is 0.600. The summed E-state index contributed by atoms with van der Waals surface area (Å²) in [5, 5.41) is 4.39. The number of hydrogen-bond donors (Lipinski definition) is 1. The molecule has 3 aromatic rings. The van der Waals surface area contributed by atoms with Crippen molar-refractivity contribution in [3.63, 3.8) is 0 Å². The third kappa shape index (κ3) is 3.22. The van der Waals surface area contributed by atoms with Crippen LogP contribution < -0.4 is 4.72 Å². The van der Waals surface area contributed by atoms with Gasteiger partial charge in [-0.3, -0.25) is 4.72 Å². The minimum Gasteiger partial charge on any atom is -0.280 e. The molecule has 1 N–H and O–H groups in total. The largest absolute Gasteiger partial charge is 0.280 e. The number of sulfonamides is 1. The van der Waals surface area contributed by atoms with Crippen molar-refractivity contribution in [1.82, 2.24) is 9.78 Å². The Bertz CT molecular complexity index is 965. The molecule has 124 valence electrons. The van der Waals surface area contributed by atoms with Gasteiger partial charge in [0, 0.05) is 10.2 Å². The van der Waals surface area contributed by atoms with Gasteiger partial charge in [-0.2, -0.15) is 5.10 Å². The summed E-state index contributed by atoms with van der Waals surface area (Å²) in [5.74, 6) is 0. The number of aryl methyl sites for hydroxylation is 1. The van der Waals surface area contributed by atoms with Crippen LogP contribution in [0.5, 0.6) is 0 Å². The van der Waals surface area contributed by atoms with E-state index in [0.29, 0.717) is 17.1 Å². The van der Waals surface area contributed by atoms with Crippen LogP contribution in [0.1, 0.15) is 11.4 Å². The molecule has 24 heavy (non-hydrogen) atoms. The number of rotatable bonds is 4. The maximum Gasteiger partial charge on any atom is 0.265 e. The fourth-order valence-corrected chi connectivity index (χ4v) is 4.28. The average molecular weight is 406 g/mol. The molecule has 0 atom stereocenters. The zero-order valence-electron chi connectivity index (χ0n) is 13.2. The van der Waals surface area contributed by atoms with Crippen LogP contribution in [0.25, 0.3) is 5.69 Å². The molecule has 2 aromatic carbocycles. The number of aromatic nitrogens is 2. The van der Waals surface area contributed by atoms with Gasteiger partial charge in [-0.25, -0.2) is 13.1 Å². The number of nitrogens with zero attached hydrogens (tertiary/aromatic N) is 2. The van der Waals surface area contributed by atoms with Crippen LogP contribution in [0.15, 0.2) is 64.0 Å². The Morgan fingerprint density at radius 1 is 1.00 bits per heavy atom. The molecule has 0 saturated carbocycles. The lowest BCUT2D eigenvalue weighted by Gasteiger charge is -2.09. The summed E-state index contributed by atoms with van der Waals surface area (Å²) < 4.78 is 30.7. The highest BCUT2D eigenvalue weighted by atomic mass is 79.9. The topological polar surface area (TPSA) is 64.0 Å². The summed E-state index contributed by atoms with van der Waals surface area (Å²) in [6.45, 7) is 3.45. The highest BCUT2D eigenvalue weighted by Gasteiger charge is 2.25. The van der Waals surface area contributed by atoms with E-state index in [2.05, 4.69) is 25.8 Å². The second-order valence-electron chi connectivity index (χ2n) is 5.36. The monoisotopic (exact) mass is 405 g/mol. The summed E-state index contributed by atoms with van der Waals surface area (Å²) in [6, 6.07) is 16.4. The van der Waals surface area contributed by atoms with Gasteiger partial charge in [0.1, 0.15) is 4.90 Å². The Morgan fingerprint density at radius 2 is 1.62 bits per heavy atom. The molecular formula is C17H16BrN3O2S. The maximum absolute atomic E-state index is 12.8. The SMILES string of the molecule is Cc1nn(-c2ccccc2)c(C)c1S(=O)(=O)Nc1ccc(Br)cc1. The van der Waals surface area contributed by atoms with Gasteiger partial charge in [0.2, 0.25) is 0 Å². The third-order valence-corrected chi connectivity index (χ3v) is 5.75. The van der Waals surface area contributed by atoms with Crippen molar-refractivity contribution in [2.45, 2.75) is 18.7 Å². The van der Waals surface area contributed by atoms with Crippen molar-refractivity contribution >= 4 is 31.6 Å². The summed E-state index contributed by atoms with van der Waals surface area (Å²) in [5.41, 5.74) is 2.36. The van der Waals surface area contributed by atoms with Crippen molar-refractivity contribution in [3.8, 4) is 5.69 Å². The van der Waals surface area contributed by atoms with Crippen LogP contribution in [0.2, 0.25) is 0 Å². The second kappa shape index (κ2) is 6.41. The van der Waals surface area contributed by atoms with Gasteiger partial charge in [0.25, 0.3) is 10.0 Å². The molecule has 0 aliphatic heterocycles. The molecule has 0 fully saturated rings. The molecular weight excluding hydrogens is 390 g/mol. The molecule has 1 aromatic heterocycles. The van der Waals surface area contributed by atoms with Gasteiger partial charge in [-0.1, -0.05) is 34.1 Å². The van der Waals surface area contributed by atoms with Gasteiger partial charge >= 0.3 is 0 Å². The molecule has 0 aliphatic carbocycles. The van der Waals surface area contributed by atoms with Crippen LogP contribution in [0.4, 0.5) is 5.69 Å². The van der Waals surface area contributed by atoms with Crippen molar-refractivity contribution in [2.75, 3.05) is 4.72 Å². The van der Waals surface area contributed by atoms with E-state index in [4.69, 9.17) is 0 Å². The molecule has 5 nitrogen and oxygen atoms in total. The molecule has 0 aliphatic rings. The fourth-order valence-electron chi connectivity index (χ4n) is 2.56. The van der Waals surface area contributed by atoms with Crippen LogP contribution in [-0.2, 0) is 10.0 Å². The van der Waals surface area contributed by atoms with E-state index in [1.165, 1.54) is 0 Å². The van der Waals surface area contributed by atoms with Crippen molar-refractivity contribution in [1.29, 1.82) is 0 Å². The zero-order chi connectivity index (χ0) is 17.3. The third-order valence-electron chi connectivity index (χ3n) is 3.59. The lowest BCUT2D eigenvalue weighted by Crippen LogP contribution is -2.14. The summed E-state index contributed by atoms with van der Waals surface area (Å²) in [6.07, 6.45) is 0. The molecule has 0 amide bonds. The van der Waals surface area contributed by atoms with E-state index in [9.17, 15) is 8.42 Å². The number of hydrogen-bond acceptors (Lipinski definition) is 3.